The summed E-state index contributed by atoms with van der Waals surface area (Å²) in [4.78, 5) is 0. The molecule has 0 aromatic heterocycles. The Bertz CT molecular complexity index is 466. The van der Waals surface area contributed by atoms with Gasteiger partial charge < -0.3 is 14.8 Å². The average molecular weight is 273 g/mol. The summed E-state index contributed by atoms with van der Waals surface area (Å²) >= 11 is 0. The van der Waals surface area contributed by atoms with Crippen molar-refractivity contribution in [1.82, 2.24) is 5.32 Å². The van der Waals surface area contributed by atoms with E-state index in [9.17, 15) is 0 Å². The van der Waals surface area contributed by atoms with Gasteiger partial charge in [-0.3, -0.25) is 0 Å². The summed E-state index contributed by atoms with van der Waals surface area (Å²) in [5, 5.41) is 3.57. The van der Waals surface area contributed by atoms with Crippen molar-refractivity contribution in [2.45, 2.75) is 38.3 Å². The molecule has 3 heteroatoms. The summed E-state index contributed by atoms with van der Waals surface area (Å²) < 4.78 is 11.3. The molecule has 2 unspecified atom stereocenters. The number of fused-ring (bicyclic) bond motifs is 2. The molecule has 2 heterocycles. The highest BCUT2D eigenvalue weighted by Crippen LogP contribution is 2.28. The van der Waals surface area contributed by atoms with Crippen molar-refractivity contribution in [3.8, 4) is 5.75 Å². The molecular formula is C17H23NO2. The summed E-state index contributed by atoms with van der Waals surface area (Å²) in [7, 11) is 0. The third kappa shape index (κ3) is 3.22. The van der Waals surface area contributed by atoms with E-state index >= 15 is 0 Å². The topological polar surface area (TPSA) is 30.5 Å². The van der Waals surface area contributed by atoms with Crippen LogP contribution in [0.3, 0.4) is 0 Å². The second-order valence-electron chi connectivity index (χ2n) is 5.63. The van der Waals surface area contributed by atoms with Gasteiger partial charge in [-0.2, -0.15) is 0 Å². The van der Waals surface area contributed by atoms with Crippen molar-refractivity contribution in [1.29, 1.82) is 0 Å². The van der Waals surface area contributed by atoms with Gasteiger partial charge >= 0.3 is 0 Å². The maximum Gasteiger partial charge on any atom is 0.119 e. The van der Waals surface area contributed by atoms with Crippen molar-refractivity contribution < 1.29 is 9.47 Å². The lowest BCUT2D eigenvalue weighted by Gasteiger charge is -2.35. The molecule has 1 aromatic carbocycles. The lowest BCUT2D eigenvalue weighted by molar-refractivity contribution is 0.0561. The molecule has 2 atom stereocenters. The standard InChI is InChI=1S/C17H23NO2/c1-2-3-8-20-17-6-4-13(5-7-17)14-9-15-11-19-12-16(10-14)18-15/h4-7,9,15-16,18H,2-3,8,10-12H2,1H3. The fourth-order valence-corrected chi connectivity index (χ4v) is 2.84. The molecule has 1 saturated heterocycles. The van der Waals surface area contributed by atoms with Crippen LogP contribution < -0.4 is 10.1 Å². The number of hydrogen-bond acceptors (Lipinski definition) is 3. The molecule has 3 rings (SSSR count). The van der Waals surface area contributed by atoms with Crippen molar-refractivity contribution in [3.05, 3.63) is 35.9 Å². The van der Waals surface area contributed by atoms with Crippen LogP contribution in [0.15, 0.2) is 30.3 Å². The monoisotopic (exact) mass is 273 g/mol. The average Bonchev–Trinajstić information content (AvgIpc) is 2.48. The highest BCUT2D eigenvalue weighted by molar-refractivity contribution is 5.68. The minimum atomic E-state index is 0.373. The first-order valence-electron chi connectivity index (χ1n) is 7.63. The van der Waals surface area contributed by atoms with Gasteiger partial charge in [-0.25, -0.2) is 0 Å². The molecule has 1 fully saturated rings. The minimum absolute atomic E-state index is 0.373. The maximum absolute atomic E-state index is 5.71. The first-order chi connectivity index (χ1) is 9.85. The number of morpholine rings is 1. The van der Waals surface area contributed by atoms with E-state index in [1.807, 2.05) is 0 Å². The Hall–Kier alpha value is -1.32. The van der Waals surface area contributed by atoms with Crippen LogP contribution in [-0.2, 0) is 4.74 Å². The van der Waals surface area contributed by atoms with Gasteiger partial charge in [-0.15, -0.1) is 0 Å². The Balaban J connectivity index is 1.66. The van der Waals surface area contributed by atoms with Crippen molar-refractivity contribution >= 4 is 5.57 Å². The fraction of sp³-hybridized carbons (Fsp3) is 0.529. The van der Waals surface area contributed by atoms with Crippen LogP contribution in [0, 0.1) is 0 Å². The second kappa shape index (κ2) is 6.42. The van der Waals surface area contributed by atoms with Gasteiger partial charge in [-0.05, 0) is 36.1 Å². The van der Waals surface area contributed by atoms with Crippen LogP contribution in [0.1, 0.15) is 31.7 Å². The van der Waals surface area contributed by atoms with Crippen molar-refractivity contribution in [3.63, 3.8) is 0 Å². The van der Waals surface area contributed by atoms with Gasteiger partial charge in [0, 0.05) is 12.1 Å². The lowest BCUT2D eigenvalue weighted by atomic mass is 9.92. The van der Waals surface area contributed by atoms with E-state index in [1.54, 1.807) is 0 Å². The first kappa shape index (κ1) is 13.7. The van der Waals surface area contributed by atoms with E-state index in [1.165, 1.54) is 17.6 Å². The number of rotatable bonds is 5. The van der Waals surface area contributed by atoms with Gasteiger partial charge in [0.15, 0.2) is 0 Å². The highest BCUT2D eigenvalue weighted by Gasteiger charge is 2.26. The number of benzene rings is 1. The third-order valence-corrected chi connectivity index (χ3v) is 3.93. The third-order valence-electron chi connectivity index (χ3n) is 3.93. The zero-order valence-corrected chi connectivity index (χ0v) is 12.1. The van der Waals surface area contributed by atoms with Crippen LogP contribution in [0.5, 0.6) is 5.75 Å². The predicted molar refractivity (Wildman–Crippen MR) is 81.0 cm³/mol. The summed E-state index contributed by atoms with van der Waals surface area (Å²) in [6.07, 6.45) is 5.64. The molecule has 1 N–H and O–H groups in total. The molecule has 108 valence electrons. The lowest BCUT2D eigenvalue weighted by Crippen LogP contribution is -2.50. The first-order valence-corrected chi connectivity index (χ1v) is 7.63. The number of ether oxygens (including phenoxy) is 2. The SMILES string of the molecule is CCCCOc1ccc(C2=CC3COCC(C2)N3)cc1. The Morgan fingerprint density at radius 2 is 2.10 bits per heavy atom. The van der Waals surface area contributed by atoms with E-state index in [2.05, 4.69) is 42.6 Å². The number of nitrogens with one attached hydrogen (secondary N) is 1. The molecular weight excluding hydrogens is 250 g/mol. The summed E-state index contributed by atoms with van der Waals surface area (Å²) in [5.74, 6) is 0.972. The van der Waals surface area contributed by atoms with E-state index in [-0.39, 0.29) is 0 Å². The van der Waals surface area contributed by atoms with Gasteiger partial charge in [-0.1, -0.05) is 31.6 Å². The van der Waals surface area contributed by atoms with Crippen molar-refractivity contribution in [2.75, 3.05) is 19.8 Å². The summed E-state index contributed by atoms with van der Waals surface area (Å²) in [5.41, 5.74) is 2.74. The van der Waals surface area contributed by atoms with Gasteiger partial charge in [0.25, 0.3) is 0 Å². The molecule has 1 aromatic rings. The van der Waals surface area contributed by atoms with E-state index in [0.717, 1.165) is 38.4 Å². The normalized spacial score (nSPS) is 25.1. The predicted octanol–water partition coefficient (Wildman–Crippen LogP) is 3.01. The van der Waals surface area contributed by atoms with E-state index < -0.39 is 0 Å². The minimum Gasteiger partial charge on any atom is -0.494 e. The second-order valence-corrected chi connectivity index (χ2v) is 5.63. The molecule has 0 saturated carbocycles. The molecule has 0 radical (unpaired) electrons. The molecule has 2 bridgehead atoms. The zero-order valence-electron chi connectivity index (χ0n) is 12.1. The summed E-state index contributed by atoms with van der Waals surface area (Å²) in [6, 6.07) is 9.36. The maximum atomic E-state index is 5.71. The molecule has 2 aliphatic rings. The van der Waals surface area contributed by atoms with Gasteiger partial charge in [0.1, 0.15) is 5.75 Å². The van der Waals surface area contributed by atoms with Crippen LogP contribution in [0.2, 0.25) is 0 Å². The smallest absolute Gasteiger partial charge is 0.119 e. The number of hydrogen-bond donors (Lipinski definition) is 1. The highest BCUT2D eigenvalue weighted by atomic mass is 16.5. The Kier molecular flexibility index (Phi) is 4.38. The van der Waals surface area contributed by atoms with Crippen LogP contribution >= 0.6 is 0 Å². The van der Waals surface area contributed by atoms with Crippen LogP contribution in [-0.4, -0.2) is 31.9 Å². The van der Waals surface area contributed by atoms with Gasteiger partial charge in [0.05, 0.1) is 19.8 Å². The Labute approximate surface area is 121 Å². The summed E-state index contributed by atoms with van der Waals surface area (Å²) in [6.45, 7) is 4.60. The van der Waals surface area contributed by atoms with Crippen LogP contribution in [0.25, 0.3) is 5.57 Å². The molecule has 0 amide bonds. The van der Waals surface area contributed by atoms with Crippen LogP contribution in [0.4, 0.5) is 0 Å². The molecule has 20 heavy (non-hydrogen) atoms. The number of unbranched alkanes of at least 4 members (excludes halogenated alkanes) is 1. The van der Waals surface area contributed by atoms with E-state index in [0.29, 0.717) is 12.1 Å². The Morgan fingerprint density at radius 1 is 1.25 bits per heavy atom. The molecule has 0 aliphatic carbocycles. The van der Waals surface area contributed by atoms with Gasteiger partial charge in [0.2, 0.25) is 0 Å². The van der Waals surface area contributed by atoms with E-state index in [4.69, 9.17) is 9.47 Å². The van der Waals surface area contributed by atoms with Crippen molar-refractivity contribution in [2.24, 2.45) is 0 Å². The quantitative estimate of drug-likeness (QED) is 0.837. The molecule has 3 nitrogen and oxygen atoms in total. The Morgan fingerprint density at radius 3 is 2.85 bits per heavy atom. The zero-order chi connectivity index (χ0) is 13.8. The molecule has 2 aliphatic heterocycles. The fourth-order valence-electron chi connectivity index (χ4n) is 2.84. The largest absolute Gasteiger partial charge is 0.494 e. The molecule has 0 spiro atoms.